The number of hydrogen-bond donors (Lipinski definition) is 7. The van der Waals surface area contributed by atoms with Gasteiger partial charge in [0, 0.05) is 19.5 Å². The average molecular weight is 472 g/mol. The van der Waals surface area contributed by atoms with Gasteiger partial charge in [-0.05, 0) is 58.7 Å². The van der Waals surface area contributed by atoms with Crippen molar-refractivity contribution in [1.29, 1.82) is 0 Å². The number of amides is 2. The molecule has 0 saturated carbocycles. The van der Waals surface area contributed by atoms with Crippen LogP contribution in [-0.2, 0) is 9.59 Å². The predicted molar refractivity (Wildman–Crippen MR) is 135 cm³/mol. The van der Waals surface area contributed by atoms with E-state index in [4.69, 9.17) is 17.2 Å². The second-order valence-corrected chi connectivity index (χ2v) is 8.58. The van der Waals surface area contributed by atoms with E-state index in [9.17, 15) is 14.7 Å². The second-order valence-electron chi connectivity index (χ2n) is 8.58. The summed E-state index contributed by atoms with van der Waals surface area (Å²) in [6.45, 7) is 5.31. The van der Waals surface area contributed by atoms with Crippen molar-refractivity contribution in [2.75, 3.05) is 32.7 Å². The minimum absolute atomic E-state index is 0.127. The van der Waals surface area contributed by atoms with Crippen LogP contribution in [0, 0.1) is 0 Å². The van der Waals surface area contributed by atoms with Gasteiger partial charge in [0.1, 0.15) is 0 Å². The van der Waals surface area contributed by atoms with Gasteiger partial charge in [0.05, 0.1) is 6.04 Å². The molecule has 0 saturated heterocycles. The van der Waals surface area contributed by atoms with Crippen LogP contribution in [0.25, 0.3) is 0 Å². The van der Waals surface area contributed by atoms with Crippen molar-refractivity contribution in [3.05, 3.63) is 0 Å². The molecule has 0 aromatic heterocycles. The molecule has 2 atom stereocenters. The predicted octanol–water partition coefficient (Wildman–Crippen LogP) is 0.471. The van der Waals surface area contributed by atoms with Crippen LogP contribution in [0.3, 0.4) is 0 Å². The molecule has 0 aliphatic heterocycles. The molecular weight excluding hydrogens is 422 g/mol. The largest absolute Gasteiger partial charge is 0.381 e. The average Bonchev–Trinajstić information content (AvgIpc) is 2.78. The highest BCUT2D eigenvalue weighted by Gasteiger charge is 2.23. The van der Waals surface area contributed by atoms with Gasteiger partial charge in [-0.3, -0.25) is 14.6 Å². The Hall–Kier alpha value is -1.91. The molecule has 0 aromatic rings. The van der Waals surface area contributed by atoms with Gasteiger partial charge >= 0.3 is 0 Å². The van der Waals surface area contributed by atoms with E-state index in [0.717, 1.165) is 70.9 Å². The third kappa shape index (κ3) is 20.4. The Morgan fingerprint density at radius 2 is 1.42 bits per heavy atom. The Labute approximate surface area is 199 Å². The van der Waals surface area contributed by atoms with E-state index < -0.39 is 18.1 Å². The van der Waals surface area contributed by atoms with Crippen molar-refractivity contribution in [3.63, 3.8) is 0 Å². The number of rotatable bonds is 22. The van der Waals surface area contributed by atoms with Crippen LogP contribution in [0.2, 0.25) is 0 Å². The molecule has 10 nitrogen and oxygen atoms in total. The number of hydrogen-bond acceptors (Lipinski definition) is 6. The van der Waals surface area contributed by atoms with E-state index in [1.54, 1.807) is 6.92 Å². The first-order valence-corrected chi connectivity index (χ1v) is 12.6. The van der Waals surface area contributed by atoms with E-state index in [0.29, 0.717) is 26.1 Å². The molecule has 0 heterocycles. The molecular formula is C23H49N7O3. The van der Waals surface area contributed by atoms with E-state index >= 15 is 0 Å². The molecule has 194 valence electrons. The van der Waals surface area contributed by atoms with Crippen molar-refractivity contribution in [2.45, 2.75) is 96.1 Å². The van der Waals surface area contributed by atoms with Gasteiger partial charge in [-0.25, -0.2) is 0 Å². The zero-order valence-electron chi connectivity index (χ0n) is 20.6. The van der Waals surface area contributed by atoms with Gasteiger partial charge < -0.3 is 38.3 Å². The Bertz CT molecular complexity index is 528. The van der Waals surface area contributed by atoms with E-state index in [1.165, 1.54) is 12.8 Å². The van der Waals surface area contributed by atoms with Crippen LogP contribution in [0.15, 0.2) is 4.99 Å². The Morgan fingerprint density at radius 3 is 2.06 bits per heavy atom. The number of unbranched alkanes of at least 4 members (excludes halogenated alkanes) is 8. The molecule has 0 aromatic carbocycles. The fourth-order valence-electron chi connectivity index (χ4n) is 3.34. The highest BCUT2D eigenvalue weighted by Crippen LogP contribution is 2.10. The minimum atomic E-state index is -1.25. The molecule has 0 rings (SSSR count). The molecule has 0 spiro atoms. The van der Waals surface area contributed by atoms with Crippen LogP contribution in [0.4, 0.5) is 0 Å². The molecule has 0 radical (unpaired) electrons. The van der Waals surface area contributed by atoms with E-state index in [-0.39, 0.29) is 11.9 Å². The number of aliphatic imine (C=N–C) groups is 1. The maximum Gasteiger partial charge on any atom is 0.250 e. The van der Waals surface area contributed by atoms with Crippen LogP contribution >= 0.6 is 0 Å². The van der Waals surface area contributed by atoms with Crippen molar-refractivity contribution in [1.82, 2.24) is 16.0 Å². The van der Waals surface area contributed by atoms with E-state index in [2.05, 4.69) is 20.9 Å². The van der Waals surface area contributed by atoms with Gasteiger partial charge in [-0.2, -0.15) is 0 Å². The number of aliphatic hydroxyl groups is 1. The summed E-state index contributed by atoms with van der Waals surface area (Å²) in [7, 11) is 0. The zero-order valence-corrected chi connectivity index (χ0v) is 20.6. The van der Waals surface area contributed by atoms with Gasteiger partial charge in [0.25, 0.3) is 5.91 Å². The number of nitrogens with one attached hydrogen (secondary N) is 3. The number of carbonyl (C=O) groups is 2. The van der Waals surface area contributed by atoms with Crippen LogP contribution in [0.1, 0.15) is 84.0 Å². The lowest BCUT2D eigenvalue weighted by Crippen LogP contribution is -2.49. The van der Waals surface area contributed by atoms with Gasteiger partial charge in [-0.15, -0.1) is 0 Å². The smallest absolute Gasteiger partial charge is 0.250 e. The second kappa shape index (κ2) is 21.9. The first kappa shape index (κ1) is 31.1. The summed E-state index contributed by atoms with van der Waals surface area (Å²) in [6, 6.07) is -0.616. The van der Waals surface area contributed by atoms with Crippen LogP contribution < -0.4 is 33.2 Å². The summed E-state index contributed by atoms with van der Waals surface area (Å²) < 4.78 is 0. The fourth-order valence-corrected chi connectivity index (χ4v) is 3.34. The molecule has 10 N–H and O–H groups in total. The minimum Gasteiger partial charge on any atom is -0.381 e. The summed E-state index contributed by atoms with van der Waals surface area (Å²) in [6.07, 6.45) is 10.4. The number of carbonyl (C=O) groups excluding carboxylic acids is 2. The van der Waals surface area contributed by atoms with Gasteiger partial charge in [0.2, 0.25) is 5.91 Å². The highest BCUT2D eigenvalue weighted by molar-refractivity contribution is 5.83. The number of guanidine groups is 1. The van der Waals surface area contributed by atoms with Crippen molar-refractivity contribution in [3.8, 4) is 0 Å². The topological polar surface area (TPSA) is 181 Å². The van der Waals surface area contributed by atoms with Crippen LogP contribution in [0.5, 0.6) is 0 Å². The summed E-state index contributed by atoms with van der Waals surface area (Å²) in [4.78, 5) is 28.1. The molecule has 33 heavy (non-hydrogen) atoms. The maximum absolute atomic E-state index is 12.1. The van der Waals surface area contributed by atoms with Gasteiger partial charge in [-0.1, -0.05) is 38.5 Å². The Morgan fingerprint density at radius 1 is 0.848 bits per heavy atom. The molecule has 0 aliphatic rings. The van der Waals surface area contributed by atoms with Crippen LogP contribution in [-0.4, -0.2) is 67.8 Å². The summed E-state index contributed by atoms with van der Waals surface area (Å²) in [5.41, 5.74) is 16.0. The Kier molecular flexibility index (Phi) is 20.6. The molecule has 0 bridgehead atoms. The standard InChI is InChI=1S/C23H49N7O3/c1-19(21(32)22(33)28-17-11-10-15-27-16-12-14-24)30-20(31)13-8-6-4-2-3-5-7-9-18-29-23(25)26/h19,21,27,32H,2-18,24H2,1H3,(H,28,33)(H,30,31)(H4,25,26,29). The molecule has 0 aliphatic carbocycles. The Balaban J connectivity index is 3.66. The highest BCUT2D eigenvalue weighted by atomic mass is 16.3. The lowest BCUT2D eigenvalue weighted by molar-refractivity contribution is -0.131. The monoisotopic (exact) mass is 471 g/mol. The fraction of sp³-hybridized carbons (Fsp3) is 0.870. The van der Waals surface area contributed by atoms with Crippen molar-refractivity contribution >= 4 is 17.8 Å². The number of nitrogens with zero attached hydrogens (tertiary/aromatic N) is 1. The first-order chi connectivity index (χ1) is 15.9. The van der Waals surface area contributed by atoms with E-state index in [1.807, 2.05) is 0 Å². The summed E-state index contributed by atoms with van der Waals surface area (Å²) in [5, 5.41) is 18.9. The normalized spacial score (nSPS) is 12.7. The third-order valence-electron chi connectivity index (χ3n) is 5.37. The molecule has 2 amide bonds. The van der Waals surface area contributed by atoms with Crippen molar-refractivity contribution in [2.24, 2.45) is 22.2 Å². The lowest BCUT2D eigenvalue weighted by Gasteiger charge is -2.20. The first-order valence-electron chi connectivity index (χ1n) is 12.6. The summed E-state index contributed by atoms with van der Waals surface area (Å²) in [5.74, 6) is -0.421. The SMILES string of the molecule is CC(NC(=O)CCCCCCCCCCN=C(N)N)C(O)C(=O)NCCCCNCCCN. The molecule has 0 fully saturated rings. The number of aliphatic hydroxyl groups excluding tert-OH is 1. The summed E-state index contributed by atoms with van der Waals surface area (Å²) >= 11 is 0. The quantitative estimate of drug-likeness (QED) is 0.0680. The molecule has 10 heteroatoms. The number of nitrogens with two attached hydrogens (primary N) is 3. The van der Waals surface area contributed by atoms with Gasteiger partial charge in [0.15, 0.2) is 12.1 Å². The molecule has 2 unspecified atom stereocenters. The van der Waals surface area contributed by atoms with Crippen molar-refractivity contribution < 1.29 is 14.7 Å². The zero-order chi connectivity index (χ0) is 24.7. The maximum atomic E-state index is 12.1. The third-order valence-corrected chi connectivity index (χ3v) is 5.37. The lowest BCUT2D eigenvalue weighted by atomic mass is 10.1.